The molecular formula is C19H23ClN2O3S. The molecule has 3 rings (SSSR count). The van der Waals surface area contributed by atoms with Crippen molar-refractivity contribution >= 4 is 21.6 Å². The highest BCUT2D eigenvalue weighted by molar-refractivity contribution is 7.89. The molecule has 7 heteroatoms. The molecule has 0 bridgehead atoms. The van der Waals surface area contributed by atoms with Gasteiger partial charge < -0.3 is 4.74 Å². The van der Waals surface area contributed by atoms with E-state index in [0.29, 0.717) is 18.2 Å². The molecular weight excluding hydrogens is 372 g/mol. The monoisotopic (exact) mass is 394 g/mol. The topological polar surface area (TPSA) is 58.6 Å². The third-order valence-electron chi connectivity index (χ3n) is 4.51. The maximum Gasteiger partial charge on any atom is 0.240 e. The minimum absolute atomic E-state index is 0.0734. The zero-order valence-electron chi connectivity index (χ0n) is 14.7. The summed E-state index contributed by atoms with van der Waals surface area (Å²) >= 11 is 6.00. The molecule has 0 saturated carbocycles. The van der Waals surface area contributed by atoms with Crippen molar-refractivity contribution in [3.05, 3.63) is 64.7 Å². The van der Waals surface area contributed by atoms with Crippen LogP contribution in [0.4, 0.5) is 0 Å². The predicted octanol–water partition coefficient (Wildman–Crippen LogP) is 3.00. The van der Waals surface area contributed by atoms with Crippen LogP contribution >= 0.6 is 11.6 Å². The Bertz CT molecular complexity index is 834. The van der Waals surface area contributed by atoms with Gasteiger partial charge in [-0.15, -0.1) is 0 Å². The highest BCUT2D eigenvalue weighted by atomic mass is 35.5. The zero-order chi connectivity index (χ0) is 18.6. The van der Waals surface area contributed by atoms with Gasteiger partial charge in [0.1, 0.15) is 0 Å². The Hall–Kier alpha value is -1.44. The molecule has 0 radical (unpaired) electrons. The quantitative estimate of drug-likeness (QED) is 0.818. The molecule has 1 aliphatic heterocycles. The summed E-state index contributed by atoms with van der Waals surface area (Å²) in [5.74, 6) is 0. The number of ether oxygens (including phenoxy) is 1. The minimum Gasteiger partial charge on any atom is -0.379 e. The van der Waals surface area contributed by atoms with Gasteiger partial charge in [-0.25, -0.2) is 13.1 Å². The van der Waals surface area contributed by atoms with Gasteiger partial charge in [-0.3, -0.25) is 4.90 Å². The van der Waals surface area contributed by atoms with Gasteiger partial charge in [0, 0.05) is 30.7 Å². The molecule has 0 aliphatic carbocycles. The molecule has 2 aromatic rings. The number of morpholine rings is 1. The molecule has 1 atom stereocenters. The minimum atomic E-state index is -3.57. The average Bonchev–Trinajstić information content (AvgIpc) is 2.64. The molecule has 0 aromatic heterocycles. The van der Waals surface area contributed by atoms with Crippen molar-refractivity contribution in [1.82, 2.24) is 9.62 Å². The SMILES string of the molecule is Cc1cccc(S(=O)(=O)NCC(c2ccc(Cl)cc2)N2CCOCC2)c1. The number of benzene rings is 2. The molecule has 1 heterocycles. The van der Waals surface area contributed by atoms with Crippen LogP contribution in [0.3, 0.4) is 0 Å². The molecule has 1 N–H and O–H groups in total. The van der Waals surface area contributed by atoms with E-state index in [1.165, 1.54) is 0 Å². The maximum atomic E-state index is 12.7. The fourth-order valence-electron chi connectivity index (χ4n) is 3.09. The molecule has 0 amide bonds. The molecule has 1 aliphatic rings. The lowest BCUT2D eigenvalue weighted by Gasteiger charge is -2.35. The van der Waals surface area contributed by atoms with Crippen molar-refractivity contribution in [3.63, 3.8) is 0 Å². The molecule has 2 aromatic carbocycles. The second-order valence-corrected chi connectivity index (χ2v) is 8.59. The highest BCUT2D eigenvalue weighted by Gasteiger charge is 2.25. The first-order valence-corrected chi connectivity index (χ1v) is 10.5. The fourth-order valence-corrected chi connectivity index (χ4v) is 4.36. The van der Waals surface area contributed by atoms with Crippen LogP contribution in [0, 0.1) is 6.92 Å². The van der Waals surface area contributed by atoms with E-state index in [1.54, 1.807) is 18.2 Å². The average molecular weight is 395 g/mol. The van der Waals surface area contributed by atoms with E-state index in [0.717, 1.165) is 24.2 Å². The Balaban J connectivity index is 1.80. The van der Waals surface area contributed by atoms with E-state index in [4.69, 9.17) is 16.3 Å². The summed E-state index contributed by atoms with van der Waals surface area (Å²) in [6.07, 6.45) is 0. The number of rotatable bonds is 6. The summed E-state index contributed by atoms with van der Waals surface area (Å²) in [4.78, 5) is 2.53. The Morgan fingerprint density at radius 2 is 1.85 bits per heavy atom. The smallest absolute Gasteiger partial charge is 0.240 e. The number of hydrogen-bond donors (Lipinski definition) is 1. The Morgan fingerprint density at radius 3 is 2.50 bits per heavy atom. The third kappa shape index (κ3) is 4.84. The lowest BCUT2D eigenvalue weighted by Crippen LogP contribution is -2.43. The number of aryl methyl sites for hydroxylation is 1. The number of nitrogens with one attached hydrogen (secondary N) is 1. The molecule has 0 spiro atoms. The van der Waals surface area contributed by atoms with E-state index in [1.807, 2.05) is 37.3 Å². The standard InChI is InChI=1S/C19H23ClN2O3S/c1-15-3-2-4-18(13-15)26(23,24)21-14-19(22-9-11-25-12-10-22)16-5-7-17(20)8-6-16/h2-8,13,19,21H,9-12,14H2,1H3. The van der Waals surface area contributed by atoms with Crippen molar-refractivity contribution in [2.24, 2.45) is 0 Å². The largest absolute Gasteiger partial charge is 0.379 e. The van der Waals surface area contributed by atoms with Crippen molar-refractivity contribution in [2.45, 2.75) is 17.9 Å². The Kier molecular flexibility index (Phi) is 6.32. The van der Waals surface area contributed by atoms with Crippen LogP contribution in [0.25, 0.3) is 0 Å². The van der Waals surface area contributed by atoms with Crippen LogP contribution < -0.4 is 4.72 Å². The van der Waals surface area contributed by atoms with Gasteiger partial charge in [0.05, 0.1) is 18.1 Å². The van der Waals surface area contributed by atoms with Crippen LogP contribution in [0.15, 0.2) is 53.4 Å². The summed E-state index contributed by atoms with van der Waals surface area (Å²) in [6.45, 7) is 4.99. The van der Waals surface area contributed by atoms with E-state index in [9.17, 15) is 8.42 Å². The number of nitrogens with zero attached hydrogens (tertiary/aromatic N) is 1. The number of hydrogen-bond acceptors (Lipinski definition) is 4. The summed E-state index contributed by atoms with van der Waals surface area (Å²) in [7, 11) is -3.57. The molecule has 26 heavy (non-hydrogen) atoms. The van der Waals surface area contributed by atoms with Crippen molar-refractivity contribution < 1.29 is 13.2 Å². The fraction of sp³-hybridized carbons (Fsp3) is 0.368. The number of sulfonamides is 1. The first-order valence-electron chi connectivity index (χ1n) is 8.59. The molecule has 5 nitrogen and oxygen atoms in total. The molecule has 1 fully saturated rings. The van der Waals surface area contributed by atoms with Crippen LogP contribution in [-0.2, 0) is 14.8 Å². The van der Waals surface area contributed by atoms with Crippen molar-refractivity contribution in [3.8, 4) is 0 Å². The third-order valence-corrected chi connectivity index (χ3v) is 6.18. The summed E-state index contributed by atoms with van der Waals surface area (Å²) < 4.78 is 33.6. The Morgan fingerprint density at radius 1 is 1.15 bits per heavy atom. The Labute approximate surface area is 160 Å². The van der Waals surface area contributed by atoms with Gasteiger partial charge in [-0.05, 0) is 42.3 Å². The van der Waals surface area contributed by atoms with Crippen LogP contribution in [-0.4, -0.2) is 46.2 Å². The van der Waals surface area contributed by atoms with Gasteiger partial charge in [-0.1, -0.05) is 35.9 Å². The molecule has 1 saturated heterocycles. The van der Waals surface area contributed by atoms with Gasteiger partial charge in [0.25, 0.3) is 0 Å². The van der Waals surface area contributed by atoms with Crippen molar-refractivity contribution in [1.29, 1.82) is 0 Å². The number of halogens is 1. The zero-order valence-corrected chi connectivity index (χ0v) is 16.3. The van der Waals surface area contributed by atoms with E-state index >= 15 is 0 Å². The van der Waals surface area contributed by atoms with E-state index in [2.05, 4.69) is 9.62 Å². The molecule has 1 unspecified atom stereocenters. The van der Waals surface area contributed by atoms with Crippen LogP contribution in [0.2, 0.25) is 5.02 Å². The summed E-state index contributed by atoms with van der Waals surface area (Å²) in [6, 6.07) is 14.4. The normalized spacial score (nSPS) is 17.2. The van der Waals surface area contributed by atoms with Crippen molar-refractivity contribution in [2.75, 3.05) is 32.8 Å². The second-order valence-electron chi connectivity index (χ2n) is 6.38. The van der Waals surface area contributed by atoms with Gasteiger partial charge >= 0.3 is 0 Å². The lowest BCUT2D eigenvalue weighted by molar-refractivity contribution is 0.0172. The van der Waals surface area contributed by atoms with Gasteiger partial charge in [-0.2, -0.15) is 0 Å². The second kappa shape index (κ2) is 8.50. The highest BCUT2D eigenvalue weighted by Crippen LogP contribution is 2.24. The summed E-state index contributed by atoms with van der Waals surface area (Å²) in [5.41, 5.74) is 1.94. The van der Waals surface area contributed by atoms with E-state index in [-0.39, 0.29) is 17.5 Å². The lowest BCUT2D eigenvalue weighted by atomic mass is 10.1. The van der Waals surface area contributed by atoms with E-state index < -0.39 is 10.0 Å². The first kappa shape index (κ1) is 19.3. The van der Waals surface area contributed by atoms with Crippen LogP contribution in [0.5, 0.6) is 0 Å². The van der Waals surface area contributed by atoms with Gasteiger partial charge in [0.15, 0.2) is 0 Å². The predicted molar refractivity (Wildman–Crippen MR) is 103 cm³/mol. The van der Waals surface area contributed by atoms with Gasteiger partial charge in [0.2, 0.25) is 10.0 Å². The van der Waals surface area contributed by atoms with Crippen LogP contribution in [0.1, 0.15) is 17.2 Å². The molecule has 140 valence electrons. The summed E-state index contributed by atoms with van der Waals surface area (Å²) in [5, 5.41) is 0.662. The maximum absolute atomic E-state index is 12.7. The first-order chi connectivity index (χ1) is 12.5.